The monoisotopic (exact) mass is 292 g/mol. The van der Waals surface area contributed by atoms with Crippen molar-refractivity contribution in [1.82, 2.24) is 0 Å². The smallest absolute Gasteiger partial charge is 0.262 e. The van der Waals surface area contributed by atoms with Gasteiger partial charge in [-0.2, -0.15) is 0 Å². The number of benzene rings is 2. The summed E-state index contributed by atoms with van der Waals surface area (Å²) in [6.45, 7) is 0. The topological polar surface area (TPSA) is 60.9 Å². The second-order valence-corrected chi connectivity index (χ2v) is 5.95. The molecule has 1 saturated heterocycles. The van der Waals surface area contributed by atoms with E-state index in [-0.39, 0.29) is 18.2 Å². The zero-order valence-electron chi connectivity index (χ0n) is 11.6. The normalized spacial score (nSPS) is 27.8. The molecule has 1 fully saturated rings. The van der Waals surface area contributed by atoms with Gasteiger partial charge in [0, 0.05) is 5.56 Å². The number of amides is 2. The molecule has 22 heavy (non-hydrogen) atoms. The Kier molecular flexibility index (Phi) is 1.93. The minimum absolute atomic E-state index is 0.00715. The fraction of sp³-hybridized carbons (Fsp3) is 0.176. The van der Waals surface area contributed by atoms with E-state index in [2.05, 4.69) is 0 Å². The van der Waals surface area contributed by atoms with E-state index in [1.54, 1.807) is 40.1 Å². The van der Waals surface area contributed by atoms with Gasteiger partial charge in [-0.3, -0.25) is 19.4 Å². The van der Waals surface area contributed by atoms with E-state index in [0.717, 1.165) is 0 Å². The molecule has 2 aromatic carbocycles. The Morgan fingerprint density at radius 3 is 2.45 bits per heavy atom. The first-order chi connectivity index (χ1) is 10.6. The van der Waals surface area contributed by atoms with Crippen LogP contribution in [0.15, 0.2) is 48.5 Å². The molecule has 0 saturated carbocycles. The molecule has 0 aromatic heterocycles. The summed E-state index contributed by atoms with van der Waals surface area (Å²) < 4.78 is 0. The van der Waals surface area contributed by atoms with Crippen molar-refractivity contribution in [3.05, 3.63) is 59.7 Å². The van der Waals surface area contributed by atoms with Gasteiger partial charge in [0.2, 0.25) is 5.91 Å². The lowest BCUT2D eigenvalue weighted by Crippen LogP contribution is -2.56. The fourth-order valence-corrected chi connectivity index (χ4v) is 3.98. The number of carbonyl (C=O) groups excluding carboxylic acids is 2. The van der Waals surface area contributed by atoms with Crippen LogP contribution in [0, 0.1) is 0 Å². The second-order valence-electron chi connectivity index (χ2n) is 5.95. The van der Waals surface area contributed by atoms with Crippen LogP contribution in [0.3, 0.4) is 0 Å². The van der Waals surface area contributed by atoms with Gasteiger partial charge >= 0.3 is 0 Å². The molecule has 3 heterocycles. The molecule has 0 unspecified atom stereocenters. The van der Waals surface area contributed by atoms with Crippen LogP contribution in [0.2, 0.25) is 0 Å². The molecule has 0 spiro atoms. The summed E-state index contributed by atoms with van der Waals surface area (Å²) in [5.41, 5.74) is 1.08. The minimum Gasteiger partial charge on any atom is -0.380 e. The molecular weight excluding hydrogens is 280 g/mol. The number of hydrogen-bond acceptors (Lipinski definition) is 3. The Morgan fingerprint density at radius 1 is 0.955 bits per heavy atom. The lowest BCUT2D eigenvalue weighted by molar-refractivity contribution is -0.118. The Balaban J connectivity index is 1.87. The summed E-state index contributed by atoms with van der Waals surface area (Å²) in [6, 6.07) is 14.3. The first kappa shape index (κ1) is 11.9. The number of carbonyl (C=O) groups is 2. The maximum absolute atomic E-state index is 12.9. The molecule has 0 aliphatic carbocycles. The molecule has 108 valence electrons. The first-order valence-electron chi connectivity index (χ1n) is 7.19. The van der Waals surface area contributed by atoms with Gasteiger partial charge in [0.25, 0.3) is 5.91 Å². The number of nitrogens with zero attached hydrogens (tertiary/aromatic N) is 2. The highest BCUT2D eigenvalue weighted by Gasteiger charge is 2.64. The lowest BCUT2D eigenvalue weighted by Gasteiger charge is -2.39. The fourth-order valence-electron chi connectivity index (χ4n) is 3.98. The Morgan fingerprint density at radius 2 is 1.64 bits per heavy atom. The number of rotatable bonds is 0. The van der Waals surface area contributed by atoms with Gasteiger partial charge in [-0.25, -0.2) is 0 Å². The summed E-state index contributed by atoms with van der Waals surface area (Å²) in [4.78, 5) is 28.5. The number of anilines is 2. The largest absolute Gasteiger partial charge is 0.380 e. The van der Waals surface area contributed by atoms with E-state index in [1.165, 1.54) is 0 Å². The molecule has 1 N–H and O–H groups in total. The number of fused-ring (bicyclic) bond motifs is 5. The van der Waals surface area contributed by atoms with Gasteiger partial charge in [-0.15, -0.1) is 0 Å². The van der Waals surface area contributed by atoms with Crippen molar-refractivity contribution in [1.29, 1.82) is 0 Å². The molecular formula is C17H12N2O3. The van der Waals surface area contributed by atoms with Crippen molar-refractivity contribution in [2.45, 2.75) is 18.2 Å². The van der Waals surface area contributed by atoms with Crippen molar-refractivity contribution < 1.29 is 14.7 Å². The Hall–Kier alpha value is -2.66. The molecule has 5 heteroatoms. The maximum atomic E-state index is 12.9. The van der Waals surface area contributed by atoms with Crippen LogP contribution < -0.4 is 9.80 Å². The van der Waals surface area contributed by atoms with Crippen LogP contribution in [-0.4, -0.2) is 23.1 Å². The van der Waals surface area contributed by atoms with Gasteiger partial charge < -0.3 is 5.11 Å². The van der Waals surface area contributed by atoms with Crippen molar-refractivity contribution in [2.75, 3.05) is 9.80 Å². The zero-order chi connectivity index (χ0) is 15.1. The number of hydrogen-bond donors (Lipinski definition) is 1. The summed E-state index contributed by atoms with van der Waals surface area (Å²) in [5, 5.41) is 11.1. The van der Waals surface area contributed by atoms with E-state index in [4.69, 9.17) is 0 Å². The Bertz CT molecular complexity index is 862. The van der Waals surface area contributed by atoms with Crippen molar-refractivity contribution >= 4 is 23.2 Å². The third-order valence-electron chi connectivity index (χ3n) is 4.85. The molecule has 0 radical (unpaired) electrons. The summed E-state index contributed by atoms with van der Waals surface area (Å²) >= 11 is 0. The summed E-state index contributed by atoms with van der Waals surface area (Å²) in [6.07, 6.45) is -0.688. The number of aliphatic hydroxyl groups is 1. The van der Waals surface area contributed by atoms with Gasteiger partial charge in [0.15, 0.2) is 0 Å². The van der Waals surface area contributed by atoms with Crippen LogP contribution >= 0.6 is 0 Å². The highest BCUT2D eigenvalue weighted by atomic mass is 16.3. The SMILES string of the molecule is O=C1C[C@@]2(O)c3ccccc3N3C(=O)c4ccccc4N1[C@H]32. The molecule has 3 aliphatic rings. The third-order valence-corrected chi connectivity index (χ3v) is 4.85. The van der Waals surface area contributed by atoms with Crippen LogP contribution in [-0.2, 0) is 10.4 Å². The average molecular weight is 292 g/mol. The van der Waals surface area contributed by atoms with Gasteiger partial charge in [0.1, 0.15) is 11.8 Å². The van der Waals surface area contributed by atoms with Crippen LogP contribution in [0.1, 0.15) is 22.3 Å². The molecule has 3 aliphatic heterocycles. The minimum atomic E-state index is -1.34. The molecule has 5 rings (SSSR count). The lowest BCUT2D eigenvalue weighted by atomic mass is 9.92. The van der Waals surface area contributed by atoms with E-state index in [9.17, 15) is 14.7 Å². The summed E-state index contributed by atoms with van der Waals surface area (Å²) in [7, 11) is 0. The van der Waals surface area contributed by atoms with Gasteiger partial charge in [0.05, 0.1) is 23.4 Å². The molecule has 0 bridgehead atoms. The zero-order valence-corrected chi connectivity index (χ0v) is 11.6. The predicted molar refractivity (Wildman–Crippen MR) is 79.5 cm³/mol. The van der Waals surface area contributed by atoms with E-state index >= 15 is 0 Å². The van der Waals surface area contributed by atoms with Crippen LogP contribution in [0.4, 0.5) is 11.4 Å². The van der Waals surface area contributed by atoms with Crippen molar-refractivity contribution in [2.24, 2.45) is 0 Å². The third kappa shape index (κ3) is 1.12. The molecule has 2 aromatic rings. The summed E-state index contributed by atoms with van der Waals surface area (Å²) in [5.74, 6) is -0.332. The maximum Gasteiger partial charge on any atom is 0.262 e. The number of para-hydroxylation sites is 2. The van der Waals surface area contributed by atoms with E-state index in [1.807, 2.05) is 18.2 Å². The Labute approximate surface area is 126 Å². The van der Waals surface area contributed by atoms with E-state index < -0.39 is 11.8 Å². The second kappa shape index (κ2) is 3.56. The van der Waals surface area contributed by atoms with Gasteiger partial charge in [-0.1, -0.05) is 30.3 Å². The standard InChI is InChI=1S/C17H12N2O3/c20-14-9-17(22)11-6-2-4-8-13(11)19-15(21)10-5-1-3-7-12(10)18(14)16(17)19/h1-8,16,22H,9H2/t16-,17-/m1/s1. The van der Waals surface area contributed by atoms with Gasteiger partial charge in [-0.05, 0) is 18.2 Å². The molecule has 2 amide bonds. The van der Waals surface area contributed by atoms with E-state index in [0.29, 0.717) is 22.5 Å². The highest BCUT2D eigenvalue weighted by molar-refractivity contribution is 6.19. The highest BCUT2D eigenvalue weighted by Crippen LogP contribution is 2.54. The quantitative estimate of drug-likeness (QED) is 0.802. The van der Waals surface area contributed by atoms with Crippen molar-refractivity contribution in [3.63, 3.8) is 0 Å². The van der Waals surface area contributed by atoms with Crippen LogP contribution in [0.25, 0.3) is 0 Å². The predicted octanol–water partition coefficient (Wildman–Crippen LogP) is 1.61. The van der Waals surface area contributed by atoms with Crippen LogP contribution in [0.5, 0.6) is 0 Å². The van der Waals surface area contributed by atoms with Crippen molar-refractivity contribution in [3.8, 4) is 0 Å². The molecule has 5 nitrogen and oxygen atoms in total. The average Bonchev–Trinajstić information content (AvgIpc) is 2.94. The first-order valence-corrected chi connectivity index (χ1v) is 7.19. The molecule has 2 atom stereocenters.